The maximum Gasteiger partial charge on any atom is 0.282 e. The Morgan fingerprint density at radius 3 is 2.33 bits per heavy atom. The van der Waals surface area contributed by atoms with Gasteiger partial charge in [-0.05, 0) is 53.6 Å². The van der Waals surface area contributed by atoms with Gasteiger partial charge in [0.25, 0.3) is 15.9 Å². The second-order valence-corrected chi connectivity index (χ2v) is 16.8. The van der Waals surface area contributed by atoms with Gasteiger partial charge < -0.3 is 4.57 Å². The average Bonchev–Trinajstić information content (AvgIpc) is 3.24. The second-order valence-electron chi connectivity index (χ2n) is 10.8. The fraction of sp³-hybridized carbons (Fsp3) is 0.161. The molecule has 46 heavy (non-hydrogen) atoms. The number of sulfonamides is 2. The lowest BCUT2D eigenvalue weighted by Crippen LogP contribution is -2.33. The summed E-state index contributed by atoms with van der Waals surface area (Å²) in [6.45, 7) is -0.0264. The summed E-state index contributed by atoms with van der Waals surface area (Å²) in [6, 6.07) is 16.5. The van der Waals surface area contributed by atoms with Crippen LogP contribution in [-0.2, 0) is 47.0 Å². The second kappa shape index (κ2) is 12.5. The van der Waals surface area contributed by atoms with E-state index >= 15 is 0 Å². The SMILES string of the molecule is CS(=O)(=O)Cc1cccc(S(=O)(=O)NC(=O)c2c(C3=CC=CCC3=O)c3cc(Cl)ccc3n2Cc2cccc(NS(C)(=O)=O)c2)c1. The first-order valence-corrected chi connectivity index (χ1v) is 19.4. The molecule has 2 N–H and O–H groups in total. The Morgan fingerprint density at radius 2 is 1.63 bits per heavy atom. The minimum absolute atomic E-state index is 0.0264. The van der Waals surface area contributed by atoms with Crippen molar-refractivity contribution in [3.8, 4) is 0 Å². The number of hydrogen-bond donors (Lipinski definition) is 2. The highest BCUT2D eigenvalue weighted by molar-refractivity contribution is 7.92. The number of sulfone groups is 1. The van der Waals surface area contributed by atoms with Crippen molar-refractivity contribution in [1.29, 1.82) is 0 Å². The number of nitrogens with zero attached hydrogens (tertiary/aromatic N) is 1. The number of fused-ring (bicyclic) bond motifs is 1. The Bertz CT molecular complexity index is 2310. The largest absolute Gasteiger partial charge is 0.331 e. The average molecular weight is 702 g/mol. The van der Waals surface area contributed by atoms with Crippen molar-refractivity contribution in [3.05, 3.63) is 112 Å². The van der Waals surface area contributed by atoms with Crippen LogP contribution in [0.25, 0.3) is 16.5 Å². The van der Waals surface area contributed by atoms with Crippen LogP contribution < -0.4 is 9.44 Å². The van der Waals surface area contributed by atoms with Gasteiger partial charge in [0, 0.05) is 52.0 Å². The predicted octanol–water partition coefficient (Wildman–Crippen LogP) is 4.29. The third-order valence-corrected chi connectivity index (χ3v) is 9.98. The number of anilines is 1. The molecule has 1 aromatic heterocycles. The smallest absolute Gasteiger partial charge is 0.282 e. The molecule has 15 heteroatoms. The van der Waals surface area contributed by atoms with Crippen molar-refractivity contribution in [2.24, 2.45) is 0 Å². The number of Topliss-reactive ketones (excluding diaryl/α,β-unsaturated/α-hetero) is 1. The van der Waals surface area contributed by atoms with Crippen LogP contribution in [0.1, 0.15) is 33.6 Å². The molecule has 0 bridgehead atoms. The van der Waals surface area contributed by atoms with Crippen molar-refractivity contribution in [1.82, 2.24) is 9.29 Å². The summed E-state index contributed by atoms with van der Waals surface area (Å²) in [6.07, 6.45) is 6.96. The molecule has 240 valence electrons. The number of nitrogens with one attached hydrogen (secondary N) is 2. The highest BCUT2D eigenvalue weighted by Gasteiger charge is 2.31. The molecule has 0 radical (unpaired) electrons. The molecule has 0 fully saturated rings. The summed E-state index contributed by atoms with van der Waals surface area (Å²) in [5.74, 6) is -1.75. The number of hydrogen-bond acceptors (Lipinski definition) is 8. The number of allylic oxidation sites excluding steroid dienone is 4. The van der Waals surface area contributed by atoms with E-state index in [1.165, 1.54) is 28.8 Å². The van der Waals surface area contributed by atoms with Gasteiger partial charge in [-0.3, -0.25) is 14.3 Å². The Labute approximate surface area is 271 Å². The highest BCUT2D eigenvalue weighted by Crippen LogP contribution is 2.36. The number of halogens is 1. The number of carbonyl (C=O) groups excluding carboxylic acids is 2. The van der Waals surface area contributed by atoms with Crippen LogP contribution in [0.15, 0.2) is 89.9 Å². The van der Waals surface area contributed by atoms with Crippen molar-refractivity contribution in [2.75, 3.05) is 17.2 Å². The molecule has 5 rings (SSSR count). The molecule has 11 nitrogen and oxygen atoms in total. The van der Waals surface area contributed by atoms with E-state index in [0.717, 1.165) is 12.5 Å². The van der Waals surface area contributed by atoms with E-state index in [9.17, 15) is 34.8 Å². The number of aromatic nitrogens is 1. The number of amides is 1. The summed E-state index contributed by atoms with van der Waals surface area (Å²) >= 11 is 6.36. The zero-order valence-corrected chi connectivity index (χ0v) is 27.7. The lowest BCUT2D eigenvalue weighted by molar-refractivity contribution is -0.113. The zero-order chi connectivity index (χ0) is 33.4. The molecular weight excluding hydrogens is 674 g/mol. The molecule has 0 saturated carbocycles. The van der Waals surface area contributed by atoms with Gasteiger partial charge in [-0.25, -0.2) is 30.0 Å². The van der Waals surface area contributed by atoms with Gasteiger partial charge in [-0.1, -0.05) is 54.1 Å². The van der Waals surface area contributed by atoms with Gasteiger partial charge in [0.15, 0.2) is 15.6 Å². The van der Waals surface area contributed by atoms with Crippen LogP contribution in [0.5, 0.6) is 0 Å². The van der Waals surface area contributed by atoms with Gasteiger partial charge in [-0.2, -0.15) is 0 Å². The van der Waals surface area contributed by atoms with Crippen molar-refractivity contribution in [2.45, 2.75) is 23.6 Å². The first kappa shape index (κ1) is 33.1. The van der Waals surface area contributed by atoms with E-state index in [4.69, 9.17) is 11.6 Å². The summed E-state index contributed by atoms with van der Waals surface area (Å²) in [5, 5.41) is 0.734. The lowest BCUT2D eigenvalue weighted by Gasteiger charge is -2.15. The van der Waals surface area contributed by atoms with E-state index in [2.05, 4.69) is 9.44 Å². The molecule has 3 aromatic carbocycles. The van der Waals surface area contributed by atoms with Gasteiger partial charge in [0.2, 0.25) is 10.0 Å². The standard InChI is InChI=1S/C31H28ClN3O8S3/c1-44(38,39)19-21-8-6-10-24(16-21)46(42,43)34-31(37)30-29(25-11-3-4-12-28(25)36)26-17-22(32)13-14-27(26)35(30)18-20-7-5-9-23(15-20)33-45(2,40)41/h3-11,13-17,33H,12,18-19H2,1-2H3,(H,34,37). The molecule has 0 atom stereocenters. The Balaban J connectivity index is 1.68. The number of benzene rings is 3. The number of rotatable bonds is 10. The third kappa shape index (κ3) is 7.58. The fourth-order valence-electron chi connectivity index (χ4n) is 5.23. The Hall–Kier alpha value is -4.24. The lowest BCUT2D eigenvalue weighted by atomic mass is 9.93. The van der Waals surface area contributed by atoms with Crippen LogP contribution in [0.3, 0.4) is 0 Å². The van der Waals surface area contributed by atoms with Gasteiger partial charge in [0.1, 0.15) is 5.69 Å². The first-order chi connectivity index (χ1) is 21.5. The van der Waals surface area contributed by atoms with E-state index in [1.54, 1.807) is 60.7 Å². The molecule has 0 aliphatic heterocycles. The van der Waals surface area contributed by atoms with Gasteiger partial charge >= 0.3 is 0 Å². The molecule has 4 aromatic rings. The summed E-state index contributed by atoms with van der Waals surface area (Å²) < 4.78 is 80.5. The minimum atomic E-state index is -4.54. The number of carbonyl (C=O) groups is 2. The van der Waals surface area contributed by atoms with Crippen LogP contribution in [0.4, 0.5) is 5.69 Å². The molecule has 0 unspecified atom stereocenters. The van der Waals surface area contributed by atoms with Crippen LogP contribution >= 0.6 is 11.6 Å². The normalized spacial score (nSPS) is 13.9. The first-order valence-electron chi connectivity index (χ1n) is 13.6. The summed E-state index contributed by atoms with van der Waals surface area (Å²) in [5.41, 5.74) is 1.72. The maximum absolute atomic E-state index is 14.1. The van der Waals surface area contributed by atoms with Crippen molar-refractivity contribution < 1.29 is 34.8 Å². The topological polar surface area (TPSA) is 166 Å². The Morgan fingerprint density at radius 1 is 0.913 bits per heavy atom. The van der Waals surface area contributed by atoms with Crippen LogP contribution in [-0.4, -0.2) is 54.0 Å². The van der Waals surface area contributed by atoms with Crippen molar-refractivity contribution >= 4 is 75.3 Å². The van der Waals surface area contributed by atoms with E-state index < -0.39 is 41.5 Å². The quantitative estimate of drug-likeness (QED) is 0.247. The van der Waals surface area contributed by atoms with E-state index in [1.807, 2.05) is 0 Å². The van der Waals surface area contributed by atoms with Crippen LogP contribution in [0, 0.1) is 0 Å². The zero-order valence-electron chi connectivity index (χ0n) is 24.5. The monoisotopic (exact) mass is 701 g/mol. The maximum atomic E-state index is 14.1. The third-order valence-electron chi connectivity index (χ3n) is 6.95. The van der Waals surface area contributed by atoms with E-state index in [-0.39, 0.29) is 51.7 Å². The minimum Gasteiger partial charge on any atom is -0.331 e. The van der Waals surface area contributed by atoms with Gasteiger partial charge in [-0.15, -0.1) is 0 Å². The summed E-state index contributed by atoms with van der Waals surface area (Å²) in [4.78, 5) is 27.0. The fourth-order valence-corrected chi connectivity index (χ4v) is 7.76. The molecule has 0 spiro atoms. The molecule has 1 amide bonds. The molecule has 0 saturated heterocycles. The van der Waals surface area contributed by atoms with Crippen LogP contribution in [0.2, 0.25) is 5.02 Å². The predicted molar refractivity (Wildman–Crippen MR) is 177 cm³/mol. The molecular formula is C31H28ClN3O8S3. The highest BCUT2D eigenvalue weighted by atomic mass is 35.5. The van der Waals surface area contributed by atoms with Gasteiger partial charge in [0.05, 0.1) is 16.9 Å². The Kier molecular flexibility index (Phi) is 9.01. The molecule has 1 aliphatic rings. The molecule has 1 heterocycles. The van der Waals surface area contributed by atoms with Crippen molar-refractivity contribution in [3.63, 3.8) is 0 Å². The molecule has 1 aliphatic carbocycles. The van der Waals surface area contributed by atoms with E-state index in [0.29, 0.717) is 21.5 Å². The number of ketones is 1. The summed E-state index contributed by atoms with van der Waals surface area (Å²) in [7, 11) is -11.6.